The minimum absolute atomic E-state index is 0.215. The Morgan fingerprint density at radius 3 is 2.27 bits per heavy atom. The molecule has 152 valence electrons. The van der Waals surface area contributed by atoms with Crippen LogP contribution in [0, 0.1) is 0 Å². The van der Waals surface area contributed by atoms with Crippen LogP contribution < -0.4 is 15.4 Å². The molecule has 0 saturated heterocycles. The van der Waals surface area contributed by atoms with Crippen molar-refractivity contribution < 1.29 is 19.4 Å². The molecule has 0 aliphatic heterocycles. The second-order valence-electron chi connectivity index (χ2n) is 4.90. The number of carboxylic acid groups (broad SMARTS) is 1. The van der Waals surface area contributed by atoms with Crippen molar-refractivity contribution in [2.75, 3.05) is 45.3 Å². The van der Waals surface area contributed by atoms with Crippen molar-refractivity contribution in [3.8, 4) is 5.75 Å². The van der Waals surface area contributed by atoms with E-state index in [1.54, 1.807) is 12.1 Å². The smallest absolute Gasteiger partial charge is 0.335 e. The summed E-state index contributed by atoms with van der Waals surface area (Å²) in [6, 6.07) is 4.96. The molecule has 0 bridgehead atoms. The highest BCUT2D eigenvalue weighted by molar-refractivity contribution is 5.89. The number of anilines is 1. The number of likely N-dealkylation sites (N-methyl/N-ethyl adjacent to an activating group) is 1. The van der Waals surface area contributed by atoms with Gasteiger partial charge in [0.05, 0.1) is 25.4 Å². The van der Waals surface area contributed by atoms with E-state index in [9.17, 15) is 4.79 Å². The molecule has 6 heteroatoms. The molecule has 1 aromatic rings. The van der Waals surface area contributed by atoms with Gasteiger partial charge in [0.15, 0.2) is 0 Å². The third-order valence-corrected chi connectivity index (χ3v) is 2.99. The zero-order valence-corrected chi connectivity index (χ0v) is 17.4. The lowest BCUT2D eigenvalue weighted by molar-refractivity contribution is 0.0696. The number of rotatable bonds is 12. The Morgan fingerprint density at radius 1 is 1.04 bits per heavy atom. The lowest BCUT2D eigenvalue weighted by atomic mass is 10.2. The average Bonchev–Trinajstić information content (AvgIpc) is 2.68. The normalized spacial score (nSPS) is 9.31. The van der Waals surface area contributed by atoms with Gasteiger partial charge in [-0.2, -0.15) is 0 Å². The lowest BCUT2D eigenvalue weighted by Crippen LogP contribution is -2.17. The first-order valence-corrected chi connectivity index (χ1v) is 9.64. The van der Waals surface area contributed by atoms with Crippen LogP contribution in [0.2, 0.25) is 0 Å². The third kappa shape index (κ3) is 13.5. The number of nitrogens with one attached hydrogen (secondary N) is 2. The van der Waals surface area contributed by atoms with E-state index in [-0.39, 0.29) is 5.56 Å². The molecule has 0 radical (unpaired) electrons. The van der Waals surface area contributed by atoms with Crippen LogP contribution in [0.15, 0.2) is 18.2 Å². The molecule has 0 aliphatic carbocycles. The Kier molecular flexibility index (Phi) is 19.9. The minimum Gasteiger partial charge on any atom is -0.493 e. The van der Waals surface area contributed by atoms with Gasteiger partial charge in [-0.1, -0.05) is 41.0 Å². The van der Waals surface area contributed by atoms with E-state index in [2.05, 4.69) is 17.6 Å². The second kappa shape index (κ2) is 19.5. The van der Waals surface area contributed by atoms with Gasteiger partial charge in [-0.25, -0.2) is 4.79 Å². The van der Waals surface area contributed by atoms with Gasteiger partial charge >= 0.3 is 5.97 Å². The fraction of sp³-hybridized carbons (Fsp3) is 0.650. The van der Waals surface area contributed by atoms with Gasteiger partial charge in [0.1, 0.15) is 5.75 Å². The fourth-order valence-corrected chi connectivity index (χ4v) is 1.79. The van der Waals surface area contributed by atoms with Crippen molar-refractivity contribution in [3.05, 3.63) is 23.8 Å². The molecule has 0 aliphatic rings. The molecule has 0 fully saturated rings. The molecule has 0 aromatic heterocycles. The van der Waals surface area contributed by atoms with Gasteiger partial charge in [-0.15, -0.1) is 0 Å². The molecule has 0 unspecified atom stereocenters. The summed E-state index contributed by atoms with van der Waals surface area (Å²) in [5, 5.41) is 15.3. The van der Waals surface area contributed by atoms with Crippen LogP contribution in [0.25, 0.3) is 0 Å². The zero-order chi connectivity index (χ0) is 20.2. The van der Waals surface area contributed by atoms with Crippen molar-refractivity contribution in [1.82, 2.24) is 5.32 Å². The molecular formula is C20H38N2O4. The third-order valence-electron chi connectivity index (χ3n) is 2.99. The summed E-state index contributed by atoms with van der Waals surface area (Å²) < 4.78 is 11.0. The quantitative estimate of drug-likeness (QED) is 0.477. The molecule has 0 saturated carbocycles. The molecule has 0 amide bonds. The van der Waals surface area contributed by atoms with Crippen molar-refractivity contribution in [3.63, 3.8) is 0 Å². The zero-order valence-electron chi connectivity index (χ0n) is 17.4. The highest BCUT2D eigenvalue weighted by Crippen LogP contribution is 2.21. The summed E-state index contributed by atoms with van der Waals surface area (Å²) in [6.07, 6.45) is 1.98. The van der Waals surface area contributed by atoms with E-state index in [4.69, 9.17) is 14.6 Å². The molecule has 0 spiro atoms. The summed E-state index contributed by atoms with van der Waals surface area (Å²) >= 11 is 0. The predicted molar refractivity (Wildman–Crippen MR) is 110 cm³/mol. The van der Waals surface area contributed by atoms with Gasteiger partial charge < -0.3 is 25.2 Å². The largest absolute Gasteiger partial charge is 0.493 e. The maximum absolute atomic E-state index is 11.2. The summed E-state index contributed by atoms with van der Waals surface area (Å²) in [5.74, 6) is -0.388. The number of unbranched alkanes of at least 4 members (excludes halogenated alkanes) is 1. The first kappa shape index (κ1) is 26.4. The standard InChI is InChI=1S/C16H26N2O4.2C2H6/c1-3-4-7-22-15-11-13(16(19)20)10-14(12-15)18-6-9-21-8-5-17-2;2*1-2/h10-12,17-18H,3-9H2,1-2H3,(H,19,20);2*1-2H3. The number of hydrogen-bond donors (Lipinski definition) is 3. The predicted octanol–water partition coefficient (Wildman–Crippen LogP) is 4.26. The maximum Gasteiger partial charge on any atom is 0.335 e. The summed E-state index contributed by atoms with van der Waals surface area (Å²) in [4.78, 5) is 11.2. The first-order valence-electron chi connectivity index (χ1n) is 9.64. The minimum atomic E-state index is -0.964. The lowest BCUT2D eigenvalue weighted by Gasteiger charge is -2.11. The highest BCUT2D eigenvalue weighted by Gasteiger charge is 2.08. The molecule has 3 N–H and O–H groups in total. The monoisotopic (exact) mass is 370 g/mol. The molecule has 6 nitrogen and oxygen atoms in total. The topological polar surface area (TPSA) is 79.8 Å². The fourth-order valence-electron chi connectivity index (χ4n) is 1.79. The van der Waals surface area contributed by atoms with Gasteiger partial charge in [0, 0.05) is 24.8 Å². The molecule has 0 atom stereocenters. The molecule has 1 aromatic carbocycles. The molecule has 26 heavy (non-hydrogen) atoms. The number of carbonyl (C=O) groups is 1. The van der Waals surface area contributed by atoms with Crippen molar-refractivity contribution in [1.29, 1.82) is 0 Å². The van der Waals surface area contributed by atoms with Gasteiger partial charge in [-0.05, 0) is 25.6 Å². The Labute approximate surface area is 159 Å². The Bertz CT molecular complexity index is 453. The Hall–Kier alpha value is -1.79. The van der Waals surface area contributed by atoms with Crippen LogP contribution in [-0.4, -0.2) is 51.0 Å². The van der Waals surface area contributed by atoms with Crippen LogP contribution in [0.5, 0.6) is 5.75 Å². The van der Waals surface area contributed by atoms with Gasteiger partial charge in [-0.3, -0.25) is 0 Å². The molecule has 1 rings (SSSR count). The van der Waals surface area contributed by atoms with Crippen LogP contribution in [-0.2, 0) is 4.74 Å². The number of ether oxygens (including phenoxy) is 2. The SMILES string of the molecule is CC.CC.CCCCOc1cc(NCCOCCNC)cc(C(=O)O)c1. The summed E-state index contributed by atoms with van der Waals surface area (Å²) in [7, 11) is 1.87. The van der Waals surface area contributed by atoms with Crippen molar-refractivity contribution >= 4 is 11.7 Å². The molecule has 0 heterocycles. The van der Waals surface area contributed by atoms with E-state index in [0.717, 1.165) is 25.1 Å². The average molecular weight is 371 g/mol. The van der Waals surface area contributed by atoms with Gasteiger partial charge in [0.25, 0.3) is 0 Å². The summed E-state index contributed by atoms with van der Waals surface area (Å²) in [6.45, 7) is 13.3. The van der Waals surface area contributed by atoms with Crippen LogP contribution in [0.3, 0.4) is 0 Å². The molecular weight excluding hydrogens is 332 g/mol. The maximum atomic E-state index is 11.2. The van der Waals surface area contributed by atoms with Crippen LogP contribution in [0.1, 0.15) is 57.8 Å². The highest BCUT2D eigenvalue weighted by atomic mass is 16.5. The Balaban J connectivity index is 0. The number of aromatic carboxylic acids is 1. The first-order chi connectivity index (χ1) is 12.7. The number of carboxylic acids is 1. The van der Waals surface area contributed by atoms with E-state index in [1.807, 2.05) is 40.8 Å². The van der Waals surface area contributed by atoms with Crippen molar-refractivity contribution in [2.45, 2.75) is 47.5 Å². The van der Waals surface area contributed by atoms with Crippen LogP contribution in [0.4, 0.5) is 5.69 Å². The number of benzene rings is 1. The van der Waals surface area contributed by atoms with Crippen molar-refractivity contribution in [2.24, 2.45) is 0 Å². The Morgan fingerprint density at radius 2 is 1.69 bits per heavy atom. The second-order valence-corrected chi connectivity index (χ2v) is 4.90. The van der Waals surface area contributed by atoms with Gasteiger partial charge in [0.2, 0.25) is 0 Å². The summed E-state index contributed by atoms with van der Waals surface area (Å²) in [5.41, 5.74) is 0.941. The van der Waals surface area contributed by atoms with Crippen LogP contribution >= 0.6 is 0 Å². The van der Waals surface area contributed by atoms with E-state index in [0.29, 0.717) is 32.1 Å². The van der Waals surface area contributed by atoms with E-state index >= 15 is 0 Å². The number of hydrogen-bond acceptors (Lipinski definition) is 5. The van der Waals surface area contributed by atoms with E-state index < -0.39 is 5.97 Å². The van der Waals surface area contributed by atoms with E-state index in [1.165, 1.54) is 0 Å².